The molecule has 3 aromatic carbocycles. The van der Waals surface area contributed by atoms with Gasteiger partial charge >= 0.3 is 0 Å². The van der Waals surface area contributed by atoms with Gasteiger partial charge in [-0.3, -0.25) is 0 Å². The Morgan fingerprint density at radius 3 is 1.62 bits per heavy atom. The van der Waals surface area contributed by atoms with Crippen LogP contribution in [0.2, 0.25) is 0 Å². The molecule has 194 valence electrons. The van der Waals surface area contributed by atoms with E-state index in [2.05, 4.69) is 130 Å². The number of hydrogen-bond donors (Lipinski definition) is 1. The van der Waals surface area contributed by atoms with Crippen LogP contribution < -0.4 is 4.68 Å². The molecule has 0 saturated carbocycles. The highest BCUT2D eigenvalue weighted by atomic mass is 127. The molecule has 0 spiro atoms. The van der Waals surface area contributed by atoms with Gasteiger partial charge in [-0.1, -0.05) is 113 Å². The van der Waals surface area contributed by atoms with Gasteiger partial charge in [0.25, 0.3) is 0 Å². The van der Waals surface area contributed by atoms with E-state index in [0.29, 0.717) is 23.7 Å². The third kappa shape index (κ3) is 5.20. The highest BCUT2D eigenvalue weighted by molar-refractivity contribution is 14.1. The molecule has 0 radical (unpaired) electrons. The van der Waals surface area contributed by atoms with Crippen LogP contribution in [-0.4, -0.2) is 15.0 Å². The average Bonchev–Trinajstić information content (AvgIpc) is 3.19. The van der Waals surface area contributed by atoms with Crippen LogP contribution in [0.15, 0.2) is 60.7 Å². The van der Waals surface area contributed by atoms with Gasteiger partial charge in [0.1, 0.15) is 11.0 Å². The Morgan fingerprint density at radius 2 is 1.16 bits per heavy atom. The van der Waals surface area contributed by atoms with Crippen molar-refractivity contribution in [2.75, 3.05) is 0 Å². The van der Waals surface area contributed by atoms with E-state index >= 15 is 0 Å². The Morgan fingerprint density at radius 1 is 0.703 bits per heavy atom. The molecule has 0 saturated heterocycles. The van der Waals surface area contributed by atoms with Gasteiger partial charge in [0, 0.05) is 50.4 Å². The minimum absolute atomic E-state index is 0.249. The number of rotatable bonds is 7. The molecule has 0 bridgehead atoms. The lowest BCUT2D eigenvalue weighted by Gasteiger charge is -2.16. The van der Waals surface area contributed by atoms with E-state index in [1.807, 2.05) is 12.1 Å². The average molecular weight is 609 g/mol. The third-order valence-corrected chi connectivity index (χ3v) is 7.97. The molecule has 4 rings (SSSR count). The van der Waals surface area contributed by atoms with E-state index in [1.165, 1.54) is 22.3 Å². The van der Waals surface area contributed by atoms with Crippen molar-refractivity contribution >= 4 is 22.6 Å². The third-order valence-electron chi connectivity index (χ3n) is 7.00. The maximum Gasteiger partial charge on any atom is 0.242 e. The normalized spacial score (nSPS) is 11.9. The van der Waals surface area contributed by atoms with Gasteiger partial charge in [0.15, 0.2) is 11.4 Å². The summed E-state index contributed by atoms with van der Waals surface area (Å²) in [7, 11) is 0. The number of phenolic OH excluding ortho intramolecular Hbond substituents is 1. The van der Waals surface area contributed by atoms with Gasteiger partial charge in [0.05, 0.1) is 0 Å². The van der Waals surface area contributed by atoms with Gasteiger partial charge in [0.2, 0.25) is 9.39 Å². The zero-order chi connectivity index (χ0) is 27.0. The first kappa shape index (κ1) is 27.4. The topological polar surface area (TPSA) is 41.9 Å². The molecule has 0 aliphatic carbocycles. The number of aromatic hydroxyl groups is 1. The first-order chi connectivity index (χ1) is 17.5. The van der Waals surface area contributed by atoms with Crippen LogP contribution in [0.1, 0.15) is 101 Å². The Labute approximate surface area is 235 Å². The van der Waals surface area contributed by atoms with Crippen molar-refractivity contribution in [1.82, 2.24) is 9.90 Å². The minimum atomic E-state index is 0.249. The summed E-state index contributed by atoms with van der Waals surface area (Å²) in [6.07, 6.45) is 0. The van der Waals surface area contributed by atoms with E-state index in [-0.39, 0.29) is 5.75 Å². The summed E-state index contributed by atoms with van der Waals surface area (Å²) in [6.45, 7) is 17.9. The van der Waals surface area contributed by atoms with Gasteiger partial charge < -0.3 is 5.11 Å². The number of nitrogens with zero attached hydrogens (tertiary/aromatic N) is 3. The number of halogens is 1. The minimum Gasteiger partial charge on any atom is -0.508 e. The van der Waals surface area contributed by atoms with Crippen LogP contribution in [0, 0.1) is 3.70 Å². The molecule has 0 unspecified atom stereocenters. The number of para-hydroxylation sites is 2. The van der Waals surface area contributed by atoms with Gasteiger partial charge in [-0.2, -0.15) is 0 Å². The predicted octanol–water partition coefficient (Wildman–Crippen LogP) is 8.62. The van der Waals surface area contributed by atoms with E-state index < -0.39 is 0 Å². The van der Waals surface area contributed by atoms with Gasteiger partial charge in [-0.25, -0.2) is 0 Å². The van der Waals surface area contributed by atoms with Crippen molar-refractivity contribution in [3.8, 4) is 28.4 Å². The molecule has 0 fully saturated rings. The first-order valence-corrected chi connectivity index (χ1v) is 14.4. The van der Waals surface area contributed by atoms with Crippen molar-refractivity contribution in [3.05, 3.63) is 86.6 Å². The summed E-state index contributed by atoms with van der Waals surface area (Å²) >= 11 is 2.44. The van der Waals surface area contributed by atoms with E-state index in [0.717, 1.165) is 26.3 Å². The molecule has 0 amide bonds. The molecule has 4 nitrogen and oxygen atoms in total. The molecular weight excluding hydrogens is 569 g/mol. The molecule has 1 N–H and O–H groups in total. The molecule has 0 atom stereocenters. The van der Waals surface area contributed by atoms with Crippen molar-refractivity contribution < 1.29 is 9.79 Å². The summed E-state index contributed by atoms with van der Waals surface area (Å²) in [4.78, 5) is 0. The Hall–Kier alpha value is -2.67. The standard InChI is InChI=1S/C32H38IN3O/c1-19(2)25-14-10-15-26(20(3)4)30(25)35-29(23-12-9-13-24(37)18-23)32(33)36(34-35)31-27(21(5)6)16-11-17-28(31)22(7)8/h9-22H,1-8H3/p+1. The molecule has 5 heteroatoms. The molecule has 4 aromatic rings. The number of hydrogen-bond acceptors (Lipinski definition) is 2. The van der Waals surface area contributed by atoms with Crippen LogP contribution in [0.3, 0.4) is 0 Å². The summed E-state index contributed by atoms with van der Waals surface area (Å²) in [5.74, 6) is 1.60. The molecule has 1 aromatic heterocycles. The number of phenols is 1. The van der Waals surface area contributed by atoms with E-state index in [9.17, 15) is 5.11 Å². The Bertz CT molecular complexity index is 1360. The largest absolute Gasteiger partial charge is 0.508 e. The lowest BCUT2D eigenvalue weighted by Crippen LogP contribution is -2.39. The fraction of sp³-hybridized carbons (Fsp3) is 0.375. The van der Waals surface area contributed by atoms with E-state index in [1.54, 1.807) is 6.07 Å². The predicted molar refractivity (Wildman–Crippen MR) is 161 cm³/mol. The lowest BCUT2D eigenvalue weighted by molar-refractivity contribution is -0.651. The first-order valence-electron chi connectivity index (χ1n) is 13.3. The number of benzene rings is 3. The fourth-order valence-corrected chi connectivity index (χ4v) is 5.95. The summed E-state index contributed by atoms with van der Waals surface area (Å²) in [5.41, 5.74) is 9.31. The monoisotopic (exact) mass is 608 g/mol. The summed E-state index contributed by atoms with van der Waals surface area (Å²) in [5, 5.41) is 15.8. The van der Waals surface area contributed by atoms with Crippen molar-refractivity contribution in [2.45, 2.75) is 79.1 Å². The SMILES string of the molecule is CC(C)c1cccc(C(C)C)c1-n1n[n+](-c2c(C(C)C)cccc2C(C)C)c(-c2cccc(O)c2)c1I. The second kappa shape index (κ2) is 11.0. The molecule has 37 heavy (non-hydrogen) atoms. The Kier molecular flexibility index (Phi) is 8.12. The van der Waals surface area contributed by atoms with Crippen LogP contribution in [0.4, 0.5) is 0 Å². The highest BCUT2D eigenvalue weighted by Gasteiger charge is 2.34. The second-order valence-electron chi connectivity index (χ2n) is 11.1. The van der Waals surface area contributed by atoms with Crippen LogP contribution in [0.25, 0.3) is 22.6 Å². The quantitative estimate of drug-likeness (QED) is 0.169. The second-order valence-corrected chi connectivity index (χ2v) is 12.1. The molecule has 1 heterocycles. The molecule has 0 aliphatic heterocycles. The Balaban J connectivity index is 2.19. The summed E-state index contributed by atoms with van der Waals surface area (Å²) < 4.78 is 5.28. The zero-order valence-electron chi connectivity index (χ0n) is 23.2. The van der Waals surface area contributed by atoms with Crippen LogP contribution in [0.5, 0.6) is 5.75 Å². The maximum atomic E-state index is 10.4. The van der Waals surface area contributed by atoms with Gasteiger partial charge in [-0.15, -0.1) is 0 Å². The fourth-order valence-electron chi connectivity index (χ4n) is 5.07. The van der Waals surface area contributed by atoms with Crippen LogP contribution in [-0.2, 0) is 0 Å². The lowest BCUT2D eigenvalue weighted by atomic mass is 9.92. The van der Waals surface area contributed by atoms with Crippen molar-refractivity contribution in [3.63, 3.8) is 0 Å². The smallest absolute Gasteiger partial charge is 0.242 e. The van der Waals surface area contributed by atoms with Crippen LogP contribution >= 0.6 is 22.6 Å². The number of aromatic nitrogens is 3. The zero-order valence-corrected chi connectivity index (χ0v) is 25.4. The molecule has 0 aliphatic rings. The van der Waals surface area contributed by atoms with Crippen molar-refractivity contribution in [1.29, 1.82) is 0 Å². The maximum absolute atomic E-state index is 10.4. The highest BCUT2D eigenvalue weighted by Crippen LogP contribution is 2.36. The molecular formula is C32H39IN3O+. The van der Waals surface area contributed by atoms with E-state index in [4.69, 9.17) is 5.21 Å². The van der Waals surface area contributed by atoms with Gasteiger partial charge in [-0.05, 0) is 35.8 Å². The summed E-state index contributed by atoms with van der Waals surface area (Å²) in [6, 6.07) is 20.7. The van der Waals surface area contributed by atoms with Crippen molar-refractivity contribution in [2.24, 2.45) is 0 Å².